The van der Waals surface area contributed by atoms with Crippen molar-refractivity contribution in [3.8, 4) is 0 Å². The number of unbranched alkanes of at least 4 members (excludes halogenated alkanes) is 1. The van der Waals surface area contributed by atoms with Crippen LogP contribution in [0.4, 0.5) is 0 Å². The summed E-state index contributed by atoms with van der Waals surface area (Å²) in [5.74, 6) is 0.804. The van der Waals surface area contributed by atoms with E-state index in [1.165, 1.54) is 18.4 Å². The maximum atomic E-state index is 5.57. The van der Waals surface area contributed by atoms with Crippen LogP contribution in [-0.4, -0.2) is 45.3 Å². The van der Waals surface area contributed by atoms with Crippen LogP contribution in [0, 0.1) is 0 Å². The Labute approximate surface area is 118 Å². The Morgan fingerprint density at radius 3 is 2.42 bits per heavy atom. The van der Waals surface area contributed by atoms with Crippen LogP contribution in [0.1, 0.15) is 40.0 Å². The first-order chi connectivity index (χ1) is 9.04. The lowest BCUT2D eigenvalue weighted by atomic mass is 10.1. The highest BCUT2D eigenvalue weighted by Gasteiger charge is 2.06. The number of guanidine groups is 1. The Morgan fingerprint density at radius 1 is 1.26 bits per heavy atom. The first-order valence-corrected chi connectivity index (χ1v) is 7.01. The average molecular weight is 270 g/mol. The Morgan fingerprint density at radius 2 is 1.95 bits per heavy atom. The lowest BCUT2D eigenvalue weighted by Gasteiger charge is -2.18. The van der Waals surface area contributed by atoms with Gasteiger partial charge < -0.3 is 10.6 Å². The van der Waals surface area contributed by atoms with E-state index in [9.17, 15) is 0 Å². The molecule has 0 saturated heterocycles. The molecule has 0 radical (unpaired) electrons. The van der Waals surface area contributed by atoms with Crippen LogP contribution in [0.2, 0.25) is 0 Å². The van der Waals surface area contributed by atoms with Crippen LogP contribution in [0.25, 0.3) is 0 Å². The zero-order valence-corrected chi connectivity index (χ0v) is 13.3. The zero-order chi connectivity index (χ0) is 14.7. The second-order valence-electron chi connectivity index (χ2n) is 4.65. The third kappa shape index (κ3) is 8.61. The van der Waals surface area contributed by atoms with E-state index < -0.39 is 0 Å². The van der Waals surface area contributed by atoms with E-state index in [-0.39, 0.29) is 0 Å². The molecule has 0 spiro atoms. The van der Waals surface area contributed by atoms with Crippen molar-refractivity contribution in [2.75, 3.05) is 34.3 Å². The molecule has 0 aliphatic rings. The summed E-state index contributed by atoms with van der Waals surface area (Å²) in [6.45, 7) is 7.80. The molecule has 19 heavy (non-hydrogen) atoms. The van der Waals surface area contributed by atoms with Gasteiger partial charge in [0.05, 0.1) is 6.61 Å². The van der Waals surface area contributed by atoms with Gasteiger partial charge in [0, 0.05) is 33.4 Å². The van der Waals surface area contributed by atoms with E-state index in [2.05, 4.69) is 36.4 Å². The topological polar surface area (TPSA) is 48.9 Å². The second-order valence-corrected chi connectivity index (χ2v) is 4.65. The first-order valence-electron chi connectivity index (χ1n) is 7.01. The molecule has 0 saturated carbocycles. The van der Waals surface area contributed by atoms with Crippen molar-refractivity contribution in [3.63, 3.8) is 0 Å². The average Bonchev–Trinajstić information content (AvgIpc) is 2.37. The first kappa shape index (κ1) is 17.9. The normalized spacial score (nSPS) is 13.5. The highest BCUT2D eigenvalue weighted by Crippen LogP contribution is 2.12. The number of hydroxylamine groups is 2. The molecule has 0 aliphatic heterocycles. The van der Waals surface area contributed by atoms with Crippen molar-refractivity contribution in [1.82, 2.24) is 15.7 Å². The summed E-state index contributed by atoms with van der Waals surface area (Å²) < 4.78 is 0. The summed E-state index contributed by atoms with van der Waals surface area (Å²) in [4.78, 5) is 9.76. The maximum absolute atomic E-state index is 5.57. The standard InChI is InChI=1S/C14H30N4O/c1-7-9-10-13(11-19-18(5)6)12(3)17-14(15-4)16-8-2/h7-11H2,1-6H3,(H2,15,16,17)/b13-12-. The highest BCUT2D eigenvalue weighted by molar-refractivity contribution is 5.81. The zero-order valence-electron chi connectivity index (χ0n) is 13.3. The van der Waals surface area contributed by atoms with Crippen LogP contribution in [0.5, 0.6) is 0 Å². The largest absolute Gasteiger partial charge is 0.356 e. The van der Waals surface area contributed by atoms with E-state index in [1.54, 1.807) is 12.1 Å². The van der Waals surface area contributed by atoms with Gasteiger partial charge in [-0.2, -0.15) is 5.06 Å². The molecule has 0 atom stereocenters. The number of rotatable bonds is 8. The second kappa shape index (κ2) is 10.8. The lowest BCUT2D eigenvalue weighted by Crippen LogP contribution is -2.36. The molecule has 0 fully saturated rings. The molecule has 0 bridgehead atoms. The van der Waals surface area contributed by atoms with E-state index in [0.29, 0.717) is 6.61 Å². The van der Waals surface area contributed by atoms with Crippen LogP contribution >= 0.6 is 0 Å². The predicted molar refractivity (Wildman–Crippen MR) is 82.0 cm³/mol. The van der Waals surface area contributed by atoms with Gasteiger partial charge in [-0.1, -0.05) is 13.3 Å². The molecule has 5 nitrogen and oxygen atoms in total. The minimum absolute atomic E-state index is 0.620. The smallest absolute Gasteiger partial charge is 0.195 e. The third-order valence-electron chi connectivity index (χ3n) is 2.73. The molecule has 0 unspecified atom stereocenters. The van der Waals surface area contributed by atoms with Gasteiger partial charge in [-0.25, -0.2) is 0 Å². The quantitative estimate of drug-likeness (QED) is 0.403. The number of allylic oxidation sites excluding steroid dienone is 1. The summed E-state index contributed by atoms with van der Waals surface area (Å²) >= 11 is 0. The van der Waals surface area contributed by atoms with Crippen molar-refractivity contribution in [2.45, 2.75) is 40.0 Å². The molecule has 5 heteroatoms. The van der Waals surface area contributed by atoms with Gasteiger partial charge in [0.25, 0.3) is 0 Å². The molecular formula is C14H30N4O. The van der Waals surface area contributed by atoms with Gasteiger partial charge in [0.2, 0.25) is 0 Å². The molecule has 0 aliphatic carbocycles. The molecule has 2 N–H and O–H groups in total. The monoisotopic (exact) mass is 270 g/mol. The summed E-state index contributed by atoms with van der Waals surface area (Å²) in [6.07, 6.45) is 3.40. The molecule has 0 heterocycles. The number of nitrogens with zero attached hydrogens (tertiary/aromatic N) is 2. The molecule has 0 aromatic rings. The van der Waals surface area contributed by atoms with Crippen molar-refractivity contribution in [3.05, 3.63) is 11.3 Å². The third-order valence-corrected chi connectivity index (χ3v) is 2.73. The minimum atomic E-state index is 0.620. The van der Waals surface area contributed by atoms with E-state index in [1.807, 2.05) is 14.1 Å². The maximum Gasteiger partial charge on any atom is 0.195 e. The van der Waals surface area contributed by atoms with Gasteiger partial charge in [0.15, 0.2) is 5.96 Å². The van der Waals surface area contributed by atoms with Crippen LogP contribution in [0.3, 0.4) is 0 Å². The van der Waals surface area contributed by atoms with Gasteiger partial charge >= 0.3 is 0 Å². The highest BCUT2D eigenvalue weighted by atomic mass is 16.7. The van der Waals surface area contributed by atoms with Crippen LogP contribution < -0.4 is 10.6 Å². The molecule has 0 aromatic carbocycles. The number of aliphatic imine (C=N–C) groups is 1. The van der Waals surface area contributed by atoms with Crippen LogP contribution in [-0.2, 0) is 4.84 Å². The molecule has 0 amide bonds. The van der Waals surface area contributed by atoms with Gasteiger partial charge in [-0.05, 0) is 32.3 Å². The Kier molecular flexibility index (Phi) is 10.2. The summed E-state index contributed by atoms with van der Waals surface area (Å²) in [5.41, 5.74) is 2.41. The molecule has 0 aromatic heterocycles. The fourth-order valence-electron chi connectivity index (χ4n) is 1.58. The number of hydrogen-bond donors (Lipinski definition) is 2. The summed E-state index contributed by atoms with van der Waals surface area (Å²) in [6, 6.07) is 0. The number of hydrogen-bond acceptors (Lipinski definition) is 3. The van der Waals surface area contributed by atoms with E-state index >= 15 is 0 Å². The van der Waals surface area contributed by atoms with E-state index in [4.69, 9.17) is 4.84 Å². The van der Waals surface area contributed by atoms with Crippen molar-refractivity contribution in [2.24, 2.45) is 4.99 Å². The Hall–Kier alpha value is -1.07. The Balaban J connectivity index is 4.69. The van der Waals surface area contributed by atoms with Gasteiger partial charge in [-0.15, -0.1) is 0 Å². The minimum Gasteiger partial charge on any atom is -0.356 e. The molecule has 0 rings (SSSR count). The van der Waals surface area contributed by atoms with Crippen LogP contribution in [0.15, 0.2) is 16.3 Å². The lowest BCUT2D eigenvalue weighted by molar-refractivity contribution is -0.109. The summed E-state index contributed by atoms with van der Waals surface area (Å²) in [7, 11) is 5.58. The van der Waals surface area contributed by atoms with Gasteiger partial charge in [-0.3, -0.25) is 9.83 Å². The predicted octanol–water partition coefficient (Wildman–Crippen LogP) is 2.13. The van der Waals surface area contributed by atoms with Crippen molar-refractivity contribution in [1.29, 1.82) is 0 Å². The molecular weight excluding hydrogens is 240 g/mol. The van der Waals surface area contributed by atoms with Crippen molar-refractivity contribution < 1.29 is 4.84 Å². The van der Waals surface area contributed by atoms with Crippen molar-refractivity contribution >= 4 is 5.96 Å². The van der Waals surface area contributed by atoms with E-state index in [0.717, 1.165) is 24.6 Å². The summed E-state index contributed by atoms with van der Waals surface area (Å²) in [5, 5.41) is 8.25. The number of nitrogens with one attached hydrogen (secondary N) is 2. The Bertz CT molecular complexity index is 298. The van der Waals surface area contributed by atoms with Gasteiger partial charge in [0.1, 0.15) is 0 Å². The SMILES string of the molecule is CCCC/C(CON(C)C)=C(\C)NC(=NC)NCC. The molecule has 112 valence electrons. The fourth-order valence-corrected chi connectivity index (χ4v) is 1.58. The fraction of sp³-hybridized carbons (Fsp3) is 0.786.